The SMILES string of the molecule is O=C(c1cc(O)ccc1F)N1CC2(CC(n3nc(-c4ccccc4C(F)(F)F)cc3C(F)(F)F)C2)C1. The van der Waals surface area contributed by atoms with Crippen molar-refractivity contribution in [1.29, 1.82) is 0 Å². The van der Waals surface area contributed by atoms with Gasteiger partial charge in [0.1, 0.15) is 17.3 Å². The van der Waals surface area contributed by atoms with Gasteiger partial charge in [-0.2, -0.15) is 31.4 Å². The second-order valence-electron chi connectivity index (χ2n) is 9.29. The molecule has 0 radical (unpaired) electrons. The Balaban J connectivity index is 1.35. The topological polar surface area (TPSA) is 58.4 Å². The van der Waals surface area contributed by atoms with Crippen molar-refractivity contribution in [2.75, 3.05) is 13.1 Å². The van der Waals surface area contributed by atoms with Crippen LogP contribution in [0.15, 0.2) is 48.5 Å². The van der Waals surface area contributed by atoms with E-state index in [4.69, 9.17) is 0 Å². The average Bonchev–Trinajstić information content (AvgIpc) is 3.18. The zero-order valence-corrected chi connectivity index (χ0v) is 18.4. The summed E-state index contributed by atoms with van der Waals surface area (Å²) in [7, 11) is 0. The highest BCUT2D eigenvalue weighted by Gasteiger charge is 2.56. The molecule has 1 amide bonds. The second kappa shape index (κ2) is 7.97. The number of alkyl halides is 6. The Labute approximate surface area is 199 Å². The molecule has 1 saturated heterocycles. The summed E-state index contributed by atoms with van der Waals surface area (Å²) in [6.07, 6.45) is -9.15. The summed E-state index contributed by atoms with van der Waals surface area (Å²) in [5.74, 6) is -1.72. The third kappa shape index (κ3) is 4.07. The van der Waals surface area contributed by atoms with Crippen LogP contribution in [0.25, 0.3) is 11.3 Å². The molecule has 190 valence electrons. The zero-order valence-electron chi connectivity index (χ0n) is 18.4. The van der Waals surface area contributed by atoms with Crippen LogP contribution < -0.4 is 0 Å². The van der Waals surface area contributed by atoms with E-state index >= 15 is 0 Å². The fourth-order valence-corrected chi connectivity index (χ4v) is 5.10. The van der Waals surface area contributed by atoms with Gasteiger partial charge >= 0.3 is 12.4 Å². The highest BCUT2D eigenvalue weighted by molar-refractivity contribution is 5.95. The molecule has 0 unspecified atom stereocenters. The minimum Gasteiger partial charge on any atom is -0.508 e. The van der Waals surface area contributed by atoms with Crippen LogP contribution in [0.5, 0.6) is 5.75 Å². The van der Waals surface area contributed by atoms with Crippen LogP contribution in [0.4, 0.5) is 30.7 Å². The van der Waals surface area contributed by atoms with Gasteiger partial charge in [0.15, 0.2) is 0 Å². The first-order valence-electron chi connectivity index (χ1n) is 10.9. The normalized spacial score (nSPS) is 17.7. The van der Waals surface area contributed by atoms with Crippen molar-refractivity contribution in [2.45, 2.75) is 31.2 Å². The van der Waals surface area contributed by atoms with Crippen molar-refractivity contribution < 1.29 is 40.6 Å². The van der Waals surface area contributed by atoms with Gasteiger partial charge in [0, 0.05) is 24.1 Å². The van der Waals surface area contributed by atoms with Crippen LogP contribution in [-0.2, 0) is 12.4 Å². The van der Waals surface area contributed by atoms with Gasteiger partial charge in [-0.1, -0.05) is 18.2 Å². The van der Waals surface area contributed by atoms with Gasteiger partial charge in [0.25, 0.3) is 5.91 Å². The van der Waals surface area contributed by atoms with Gasteiger partial charge in [0.2, 0.25) is 0 Å². The lowest BCUT2D eigenvalue weighted by Gasteiger charge is -2.59. The Hall–Kier alpha value is -3.57. The van der Waals surface area contributed by atoms with Gasteiger partial charge in [-0.05, 0) is 43.2 Å². The van der Waals surface area contributed by atoms with Crippen molar-refractivity contribution in [1.82, 2.24) is 14.7 Å². The molecule has 2 aromatic carbocycles. The minimum atomic E-state index is -4.84. The fourth-order valence-electron chi connectivity index (χ4n) is 5.10. The molecule has 2 heterocycles. The molecule has 1 aliphatic heterocycles. The van der Waals surface area contributed by atoms with Crippen LogP contribution in [-0.4, -0.2) is 38.8 Å². The maximum Gasteiger partial charge on any atom is 0.433 e. The molecule has 36 heavy (non-hydrogen) atoms. The Morgan fingerprint density at radius 3 is 2.28 bits per heavy atom. The molecule has 1 N–H and O–H groups in total. The van der Waals surface area contributed by atoms with E-state index in [1.807, 2.05) is 0 Å². The third-order valence-electron chi connectivity index (χ3n) is 6.74. The summed E-state index contributed by atoms with van der Waals surface area (Å²) in [5.41, 5.74) is -3.89. The predicted molar refractivity (Wildman–Crippen MR) is 112 cm³/mol. The van der Waals surface area contributed by atoms with Crippen molar-refractivity contribution in [2.24, 2.45) is 5.41 Å². The molecule has 2 aliphatic rings. The minimum absolute atomic E-state index is 0.184. The van der Waals surface area contributed by atoms with Crippen LogP contribution in [0.1, 0.15) is 40.5 Å². The Kier molecular flexibility index (Phi) is 5.34. The monoisotopic (exact) mass is 513 g/mol. The number of aromatic hydroxyl groups is 1. The average molecular weight is 513 g/mol. The number of carbonyl (C=O) groups is 1. The number of halogens is 7. The molecule has 2 fully saturated rings. The molecule has 1 spiro atoms. The van der Waals surface area contributed by atoms with Crippen LogP contribution >= 0.6 is 0 Å². The predicted octanol–water partition coefficient (Wildman–Crippen LogP) is 5.91. The first kappa shape index (κ1) is 24.1. The lowest BCUT2D eigenvalue weighted by atomic mass is 9.60. The Morgan fingerprint density at radius 1 is 0.972 bits per heavy atom. The molecule has 1 aromatic heterocycles. The maximum absolute atomic E-state index is 14.0. The standard InChI is InChI=1S/C24H18F7N3O2/c25-18-6-5-14(35)7-16(18)21(36)33-11-22(12-33)9-13(10-22)34-20(24(29,30)31)8-19(32-34)15-3-1-2-4-17(15)23(26,27)28/h1-8,13,35H,9-12H2. The highest BCUT2D eigenvalue weighted by Crippen LogP contribution is 2.55. The molecule has 12 heteroatoms. The van der Waals surface area contributed by atoms with Crippen LogP contribution in [0, 0.1) is 11.2 Å². The van der Waals surface area contributed by atoms with E-state index < -0.39 is 58.0 Å². The zero-order chi connectivity index (χ0) is 26.0. The molecule has 5 nitrogen and oxygen atoms in total. The van der Waals surface area contributed by atoms with Crippen LogP contribution in [0.3, 0.4) is 0 Å². The second-order valence-corrected chi connectivity index (χ2v) is 9.29. The van der Waals surface area contributed by atoms with Gasteiger partial charge in [0.05, 0.1) is 22.9 Å². The molecule has 1 aliphatic carbocycles. The summed E-state index contributed by atoms with van der Waals surface area (Å²) < 4.78 is 96.2. The van der Waals surface area contributed by atoms with Crippen molar-refractivity contribution in [3.8, 4) is 17.0 Å². The Bertz CT molecular complexity index is 1330. The molecule has 3 aromatic rings. The quantitative estimate of drug-likeness (QED) is 0.443. The largest absolute Gasteiger partial charge is 0.508 e. The number of rotatable bonds is 3. The van der Waals surface area contributed by atoms with E-state index in [1.54, 1.807) is 0 Å². The lowest BCUT2D eigenvalue weighted by Crippen LogP contribution is -2.64. The molecule has 0 atom stereocenters. The number of nitrogens with zero attached hydrogens (tertiary/aromatic N) is 3. The van der Waals surface area contributed by atoms with Crippen molar-refractivity contribution in [3.63, 3.8) is 0 Å². The van der Waals surface area contributed by atoms with E-state index in [9.17, 15) is 40.6 Å². The number of likely N-dealkylation sites (tertiary alicyclic amines) is 1. The Morgan fingerprint density at radius 2 is 1.64 bits per heavy atom. The van der Waals surface area contributed by atoms with Gasteiger partial charge < -0.3 is 10.0 Å². The molecular formula is C24H18F7N3O2. The molecule has 5 rings (SSSR count). The highest BCUT2D eigenvalue weighted by atomic mass is 19.4. The van der Waals surface area contributed by atoms with Gasteiger partial charge in [-0.15, -0.1) is 0 Å². The number of hydrogen-bond acceptors (Lipinski definition) is 3. The van der Waals surface area contributed by atoms with E-state index in [2.05, 4.69) is 5.10 Å². The number of amides is 1. The summed E-state index contributed by atoms with van der Waals surface area (Å²) in [6, 6.07) is 7.28. The number of phenols is 1. The fraction of sp³-hybridized carbons (Fsp3) is 0.333. The third-order valence-corrected chi connectivity index (χ3v) is 6.74. The first-order chi connectivity index (χ1) is 16.8. The summed E-state index contributed by atoms with van der Waals surface area (Å²) >= 11 is 0. The first-order valence-corrected chi connectivity index (χ1v) is 10.9. The number of benzene rings is 2. The number of phenolic OH excluding ortho intramolecular Hbond substituents is 1. The molecule has 1 saturated carbocycles. The molecule has 0 bridgehead atoms. The van der Waals surface area contributed by atoms with E-state index in [0.717, 1.165) is 41.1 Å². The van der Waals surface area contributed by atoms with Gasteiger partial charge in [-0.3, -0.25) is 9.48 Å². The number of carbonyl (C=O) groups excluding carboxylic acids is 1. The van der Waals surface area contributed by atoms with Gasteiger partial charge in [-0.25, -0.2) is 4.39 Å². The summed E-state index contributed by atoms with van der Waals surface area (Å²) in [6.45, 7) is 0.369. The van der Waals surface area contributed by atoms with E-state index in [-0.39, 0.29) is 37.2 Å². The summed E-state index contributed by atoms with van der Waals surface area (Å²) in [4.78, 5) is 13.9. The van der Waals surface area contributed by atoms with Crippen molar-refractivity contribution >= 4 is 5.91 Å². The van der Waals surface area contributed by atoms with Crippen LogP contribution in [0.2, 0.25) is 0 Å². The number of aromatic nitrogens is 2. The van der Waals surface area contributed by atoms with E-state index in [0.29, 0.717) is 6.07 Å². The molecular weight excluding hydrogens is 495 g/mol. The lowest BCUT2D eigenvalue weighted by molar-refractivity contribution is -0.149. The van der Waals surface area contributed by atoms with E-state index in [1.165, 1.54) is 11.0 Å². The van der Waals surface area contributed by atoms with Crippen molar-refractivity contribution in [3.05, 3.63) is 71.2 Å². The number of hydrogen-bond donors (Lipinski definition) is 1. The smallest absolute Gasteiger partial charge is 0.433 e. The maximum atomic E-state index is 14.0. The summed E-state index contributed by atoms with van der Waals surface area (Å²) in [5, 5.41) is 13.4.